The number of halogens is 1. The van der Waals surface area contributed by atoms with Crippen LogP contribution >= 0.6 is 11.3 Å². The highest BCUT2D eigenvalue weighted by molar-refractivity contribution is 7.84. The lowest BCUT2D eigenvalue weighted by molar-refractivity contribution is 0.0970. The van der Waals surface area contributed by atoms with Crippen molar-refractivity contribution in [1.82, 2.24) is 19.9 Å². The van der Waals surface area contributed by atoms with Gasteiger partial charge in [0.1, 0.15) is 5.82 Å². The highest BCUT2D eigenvalue weighted by Crippen LogP contribution is 2.41. The standard InChI is InChI=1S/C22H23FN4O3S2/c1-3-30-22(28)27-12-9-15(10-13-27)20-26-18(14-4-6-16(23)7-5-14)19(31-20)17-8-11-24-21(25-17)32(2)29/h4-8,11,15H,3,9-10,12-13H2,1-2H3. The lowest BCUT2D eigenvalue weighted by Crippen LogP contribution is -2.38. The molecular formula is C22H23FN4O3S2. The fourth-order valence-corrected chi connectivity index (χ4v) is 5.28. The van der Waals surface area contributed by atoms with E-state index in [1.807, 2.05) is 0 Å². The van der Waals surface area contributed by atoms with E-state index in [1.165, 1.54) is 29.7 Å². The third-order valence-electron chi connectivity index (χ3n) is 5.25. The minimum Gasteiger partial charge on any atom is -0.450 e. The third kappa shape index (κ3) is 4.86. The van der Waals surface area contributed by atoms with Crippen molar-refractivity contribution >= 4 is 28.2 Å². The van der Waals surface area contributed by atoms with Crippen molar-refractivity contribution < 1.29 is 18.1 Å². The molecule has 10 heteroatoms. The molecule has 0 radical (unpaired) electrons. The predicted octanol–water partition coefficient (Wildman–Crippen LogP) is 4.48. The van der Waals surface area contributed by atoms with Crippen LogP contribution in [0.4, 0.5) is 9.18 Å². The molecule has 7 nitrogen and oxygen atoms in total. The van der Waals surface area contributed by atoms with Crippen LogP contribution in [0.25, 0.3) is 21.8 Å². The van der Waals surface area contributed by atoms with E-state index in [9.17, 15) is 13.4 Å². The van der Waals surface area contributed by atoms with Gasteiger partial charge in [-0.25, -0.2) is 24.1 Å². The number of aromatic nitrogens is 3. The van der Waals surface area contributed by atoms with E-state index in [0.717, 1.165) is 28.3 Å². The molecule has 4 rings (SSSR count). The largest absolute Gasteiger partial charge is 0.450 e. The number of amides is 1. The fourth-order valence-electron chi connectivity index (χ4n) is 3.62. The number of nitrogens with zero attached hydrogens (tertiary/aromatic N) is 4. The van der Waals surface area contributed by atoms with Crippen LogP contribution in [-0.4, -0.2) is 56.1 Å². The highest BCUT2D eigenvalue weighted by Gasteiger charge is 2.28. The van der Waals surface area contributed by atoms with E-state index in [2.05, 4.69) is 9.97 Å². The molecule has 2 aromatic heterocycles. The average Bonchev–Trinajstić information content (AvgIpc) is 3.25. The molecule has 1 saturated heterocycles. The number of thiazole rings is 1. The first-order chi connectivity index (χ1) is 15.5. The molecule has 0 saturated carbocycles. The summed E-state index contributed by atoms with van der Waals surface area (Å²) < 4.78 is 30.5. The Morgan fingerprint density at radius 1 is 1.22 bits per heavy atom. The van der Waals surface area contributed by atoms with Gasteiger partial charge < -0.3 is 9.64 Å². The topological polar surface area (TPSA) is 85.3 Å². The second-order valence-electron chi connectivity index (χ2n) is 7.38. The van der Waals surface area contributed by atoms with E-state index >= 15 is 0 Å². The summed E-state index contributed by atoms with van der Waals surface area (Å²) in [7, 11) is -1.31. The molecule has 1 aromatic carbocycles. The first-order valence-corrected chi connectivity index (χ1v) is 12.7. The van der Waals surface area contributed by atoms with Crippen LogP contribution in [-0.2, 0) is 15.5 Å². The molecule has 1 unspecified atom stereocenters. The number of hydrogen-bond donors (Lipinski definition) is 0. The van der Waals surface area contributed by atoms with Crippen LogP contribution in [0.3, 0.4) is 0 Å². The zero-order chi connectivity index (χ0) is 22.7. The number of carbonyl (C=O) groups is 1. The van der Waals surface area contributed by atoms with Crippen LogP contribution < -0.4 is 0 Å². The summed E-state index contributed by atoms with van der Waals surface area (Å²) in [5, 5.41) is 1.20. The molecule has 0 aliphatic carbocycles. The summed E-state index contributed by atoms with van der Waals surface area (Å²) in [4.78, 5) is 28.0. The minimum atomic E-state index is -1.31. The van der Waals surface area contributed by atoms with Crippen LogP contribution in [0.2, 0.25) is 0 Å². The molecule has 0 spiro atoms. The Balaban J connectivity index is 1.67. The van der Waals surface area contributed by atoms with Gasteiger partial charge in [0.25, 0.3) is 0 Å². The zero-order valence-electron chi connectivity index (χ0n) is 17.8. The Morgan fingerprint density at radius 2 is 1.94 bits per heavy atom. The van der Waals surface area contributed by atoms with E-state index in [4.69, 9.17) is 9.72 Å². The molecule has 1 fully saturated rings. The van der Waals surface area contributed by atoms with Gasteiger partial charge in [-0.05, 0) is 50.1 Å². The van der Waals surface area contributed by atoms with E-state index in [0.29, 0.717) is 31.1 Å². The second kappa shape index (κ2) is 9.83. The summed E-state index contributed by atoms with van der Waals surface area (Å²) >= 11 is 1.53. The minimum absolute atomic E-state index is 0.195. The summed E-state index contributed by atoms with van der Waals surface area (Å²) in [6.07, 6.45) is 4.41. The second-order valence-corrected chi connectivity index (χ2v) is 9.68. The van der Waals surface area contributed by atoms with E-state index in [-0.39, 0.29) is 23.0 Å². The Labute approximate surface area is 192 Å². The fraction of sp³-hybridized carbons (Fsp3) is 0.364. The van der Waals surface area contributed by atoms with Crippen molar-refractivity contribution in [3.05, 3.63) is 47.4 Å². The molecule has 32 heavy (non-hydrogen) atoms. The number of piperidine rings is 1. The average molecular weight is 475 g/mol. The van der Waals surface area contributed by atoms with Gasteiger partial charge in [-0.1, -0.05) is 0 Å². The monoisotopic (exact) mass is 474 g/mol. The van der Waals surface area contributed by atoms with Crippen molar-refractivity contribution in [3.63, 3.8) is 0 Å². The van der Waals surface area contributed by atoms with Crippen molar-refractivity contribution in [1.29, 1.82) is 0 Å². The van der Waals surface area contributed by atoms with Crippen LogP contribution in [0.5, 0.6) is 0 Å². The van der Waals surface area contributed by atoms with Crippen molar-refractivity contribution in [2.45, 2.75) is 30.8 Å². The molecule has 168 valence electrons. The molecule has 3 aromatic rings. The maximum atomic E-state index is 13.5. The summed E-state index contributed by atoms with van der Waals surface area (Å²) in [6, 6.07) is 7.97. The lowest BCUT2D eigenvalue weighted by atomic mass is 9.98. The number of benzene rings is 1. The molecule has 0 N–H and O–H groups in total. The maximum absolute atomic E-state index is 13.5. The number of rotatable bonds is 5. The van der Waals surface area contributed by atoms with E-state index < -0.39 is 10.8 Å². The van der Waals surface area contributed by atoms with Crippen LogP contribution in [0.15, 0.2) is 41.7 Å². The smallest absolute Gasteiger partial charge is 0.409 e. The van der Waals surface area contributed by atoms with Gasteiger partial charge in [-0.3, -0.25) is 4.21 Å². The number of carbonyl (C=O) groups excluding carboxylic acids is 1. The molecule has 1 atom stereocenters. The Morgan fingerprint density at radius 3 is 2.59 bits per heavy atom. The zero-order valence-corrected chi connectivity index (χ0v) is 19.4. The van der Waals surface area contributed by atoms with Crippen molar-refractivity contribution in [2.24, 2.45) is 0 Å². The van der Waals surface area contributed by atoms with Crippen LogP contribution in [0, 0.1) is 5.82 Å². The van der Waals surface area contributed by atoms with E-state index in [1.54, 1.807) is 36.2 Å². The van der Waals surface area contributed by atoms with Crippen LogP contribution in [0.1, 0.15) is 30.7 Å². The van der Waals surface area contributed by atoms with Crippen molar-refractivity contribution in [2.75, 3.05) is 26.0 Å². The molecule has 1 aliphatic rings. The Kier molecular flexibility index (Phi) is 6.90. The van der Waals surface area contributed by atoms with Gasteiger partial charge in [-0.2, -0.15) is 0 Å². The summed E-state index contributed by atoms with van der Waals surface area (Å²) in [5.74, 6) is -0.122. The SMILES string of the molecule is CCOC(=O)N1CCC(c2nc(-c3ccc(F)cc3)c(-c3ccnc(S(C)=O)n3)s2)CC1. The first-order valence-electron chi connectivity index (χ1n) is 10.3. The molecule has 3 heterocycles. The maximum Gasteiger partial charge on any atom is 0.409 e. The third-order valence-corrected chi connectivity index (χ3v) is 7.21. The van der Waals surface area contributed by atoms with Gasteiger partial charge in [0.15, 0.2) is 0 Å². The van der Waals surface area contributed by atoms with Gasteiger partial charge in [-0.15, -0.1) is 11.3 Å². The number of hydrogen-bond acceptors (Lipinski definition) is 7. The summed E-state index contributed by atoms with van der Waals surface area (Å²) in [6.45, 7) is 3.37. The van der Waals surface area contributed by atoms with Gasteiger partial charge >= 0.3 is 6.09 Å². The first kappa shape index (κ1) is 22.5. The highest BCUT2D eigenvalue weighted by atomic mass is 32.2. The summed E-state index contributed by atoms with van der Waals surface area (Å²) in [5.41, 5.74) is 2.13. The van der Waals surface area contributed by atoms with Gasteiger partial charge in [0.2, 0.25) is 5.16 Å². The Hall–Kier alpha value is -2.72. The molecule has 1 amide bonds. The molecular weight excluding hydrogens is 451 g/mol. The lowest BCUT2D eigenvalue weighted by Gasteiger charge is -2.30. The number of ether oxygens (including phenoxy) is 1. The van der Waals surface area contributed by atoms with Gasteiger partial charge in [0.05, 0.1) is 38.7 Å². The van der Waals surface area contributed by atoms with Crippen molar-refractivity contribution in [3.8, 4) is 21.8 Å². The number of likely N-dealkylation sites (tertiary alicyclic amines) is 1. The predicted molar refractivity (Wildman–Crippen MR) is 121 cm³/mol. The molecule has 0 bridgehead atoms. The normalized spacial score (nSPS) is 15.5. The Bertz CT molecular complexity index is 1130. The quantitative estimate of drug-likeness (QED) is 0.507. The molecule has 1 aliphatic heterocycles. The van der Waals surface area contributed by atoms with Gasteiger partial charge in [0, 0.05) is 37.0 Å².